The molecular formula is C16H22N2O5. The molecule has 2 aliphatic rings. The van der Waals surface area contributed by atoms with E-state index < -0.39 is 23.9 Å². The Kier molecular flexibility index (Phi) is 5.33. The van der Waals surface area contributed by atoms with E-state index in [1.807, 2.05) is 0 Å². The number of carbonyl (C=O) groups is 3. The lowest BCUT2D eigenvalue weighted by Crippen LogP contribution is -2.52. The topological polar surface area (TPSA) is 95.9 Å². The van der Waals surface area contributed by atoms with E-state index in [2.05, 4.69) is 11.9 Å². The van der Waals surface area contributed by atoms with E-state index >= 15 is 0 Å². The fraction of sp³-hybridized carbons (Fsp3) is 0.562. The summed E-state index contributed by atoms with van der Waals surface area (Å²) in [5, 5.41) is 12.4. The van der Waals surface area contributed by atoms with E-state index in [0.29, 0.717) is 19.3 Å². The first-order valence-corrected chi connectivity index (χ1v) is 7.56. The van der Waals surface area contributed by atoms with Crippen LogP contribution in [0.25, 0.3) is 0 Å². The molecular weight excluding hydrogens is 300 g/mol. The predicted octanol–water partition coefficient (Wildman–Crippen LogP) is 0.599. The third-order valence-electron chi connectivity index (χ3n) is 4.48. The van der Waals surface area contributed by atoms with E-state index in [9.17, 15) is 19.5 Å². The van der Waals surface area contributed by atoms with Gasteiger partial charge in [-0.05, 0) is 31.1 Å². The van der Waals surface area contributed by atoms with Crippen LogP contribution in [0.5, 0.6) is 0 Å². The molecule has 0 aromatic carbocycles. The van der Waals surface area contributed by atoms with Crippen molar-refractivity contribution in [3.63, 3.8) is 0 Å². The van der Waals surface area contributed by atoms with Gasteiger partial charge in [0.1, 0.15) is 5.57 Å². The minimum Gasteiger partial charge on any atom is -0.390 e. The van der Waals surface area contributed by atoms with Crippen LogP contribution in [0.2, 0.25) is 0 Å². The maximum absolute atomic E-state index is 12.1. The van der Waals surface area contributed by atoms with Crippen molar-refractivity contribution in [1.82, 2.24) is 10.2 Å². The van der Waals surface area contributed by atoms with Crippen molar-refractivity contribution in [3.8, 4) is 0 Å². The van der Waals surface area contributed by atoms with Gasteiger partial charge >= 0.3 is 6.03 Å². The number of aliphatic hydroxyl groups is 1. The summed E-state index contributed by atoms with van der Waals surface area (Å²) in [6.07, 6.45) is 4.11. The number of methoxy groups -OCH3 is 1. The number of urea groups is 1. The highest BCUT2D eigenvalue weighted by Crippen LogP contribution is 2.35. The van der Waals surface area contributed by atoms with Crippen LogP contribution in [0.15, 0.2) is 24.3 Å². The molecule has 4 atom stereocenters. The van der Waals surface area contributed by atoms with Crippen LogP contribution in [0.3, 0.4) is 0 Å². The quantitative estimate of drug-likeness (QED) is 0.449. The molecule has 1 heterocycles. The van der Waals surface area contributed by atoms with E-state index in [1.165, 1.54) is 14.2 Å². The number of likely N-dealkylation sites (N-methyl/N-ethyl adjacent to an activating group) is 1. The Bertz CT molecular complexity index is 557. The number of allylic oxidation sites excluding steroid dienone is 2. The Morgan fingerprint density at radius 3 is 2.70 bits per heavy atom. The molecule has 0 radical (unpaired) electrons. The van der Waals surface area contributed by atoms with E-state index in [4.69, 9.17) is 4.74 Å². The number of rotatable bonds is 4. The highest BCUT2D eigenvalue weighted by atomic mass is 16.5. The molecule has 126 valence electrons. The molecule has 7 nitrogen and oxygen atoms in total. The van der Waals surface area contributed by atoms with E-state index in [1.54, 1.807) is 12.2 Å². The molecule has 1 saturated heterocycles. The Morgan fingerprint density at radius 2 is 2.09 bits per heavy atom. The van der Waals surface area contributed by atoms with Crippen LogP contribution in [0.4, 0.5) is 4.79 Å². The number of ether oxygens (including phenoxy) is 1. The molecule has 0 aromatic heterocycles. The van der Waals surface area contributed by atoms with Gasteiger partial charge in [-0.15, -0.1) is 6.58 Å². The number of imide groups is 2. The number of aliphatic hydroxyl groups excluding tert-OH is 1. The van der Waals surface area contributed by atoms with Crippen LogP contribution >= 0.6 is 0 Å². The predicted molar refractivity (Wildman–Crippen MR) is 82.2 cm³/mol. The number of hydrogen-bond donors (Lipinski definition) is 2. The van der Waals surface area contributed by atoms with Gasteiger partial charge in [0, 0.05) is 14.2 Å². The fourth-order valence-corrected chi connectivity index (χ4v) is 3.19. The summed E-state index contributed by atoms with van der Waals surface area (Å²) < 4.78 is 5.33. The average Bonchev–Trinajstić information content (AvgIpc) is 2.52. The van der Waals surface area contributed by atoms with Crippen molar-refractivity contribution in [3.05, 3.63) is 24.3 Å². The molecule has 0 bridgehead atoms. The van der Waals surface area contributed by atoms with Gasteiger partial charge in [0.25, 0.3) is 11.8 Å². The number of nitrogens with zero attached hydrogens (tertiary/aromatic N) is 1. The lowest BCUT2D eigenvalue weighted by molar-refractivity contribution is -0.129. The van der Waals surface area contributed by atoms with Crippen LogP contribution in [-0.4, -0.2) is 54.2 Å². The Balaban J connectivity index is 2.22. The van der Waals surface area contributed by atoms with Gasteiger partial charge in [0.05, 0.1) is 12.2 Å². The van der Waals surface area contributed by atoms with E-state index in [-0.39, 0.29) is 23.5 Å². The maximum Gasteiger partial charge on any atom is 0.331 e. The van der Waals surface area contributed by atoms with E-state index in [0.717, 1.165) is 4.90 Å². The minimum absolute atomic E-state index is 0.0410. The zero-order valence-electron chi connectivity index (χ0n) is 13.3. The normalized spacial score (nSPS) is 33.8. The first kappa shape index (κ1) is 17.4. The second-order valence-electron chi connectivity index (χ2n) is 5.98. The van der Waals surface area contributed by atoms with Crippen LogP contribution in [0, 0.1) is 11.8 Å². The Hall–Kier alpha value is -1.99. The minimum atomic E-state index is -0.726. The molecule has 0 aromatic rings. The smallest absolute Gasteiger partial charge is 0.331 e. The summed E-state index contributed by atoms with van der Waals surface area (Å²) in [6.45, 7) is 3.69. The van der Waals surface area contributed by atoms with Crippen LogP contribution in [-0.2, 0) is 14.3 Å². The molecule has 2 rings (SSSR count). The SMILES string of the molecule is C=CCC1CC(/C=C2\C(=O)NC(=O)N(C)C2=O)CC(OC)C1O. The zero-order valence-corrected chi connectivity index (χ0v) is 13.3. The largest absolute Gasteiger partial charge is 0.390 e. The number of amides is 4. The molecule has 1 saturated carbocycles. The zero-order chi connectivity index (χ0) is 17.1. The summed E-state index contributed by atoms with van der Waals surface area (Å²) in [4.78, 5) is 36.3. The molecule has 1 aliphatic heterocycles. The molecule has 4 amide bonds. The highest BCUT2D eigenvalue weighted by Gasteiger charge is 2.38. The third-order valence-corrected chi connectivity index (χ3v) is 4.48. The van der Waals surface area contributed by atoms with Gasteiger partial charge in [0.15, 0.2) is 0 Å². The summed E-state index contributed by atoms with van der Waals surface area (Å²) in [5.41, 5.74) is -0.0410. The van der Waals surface area contributed by atoms with Gasteiger partial charge in [-0.2, -0.15) is 0 Å². The van der Waals surface area contributed by atoms with Gasteiger partial charge < -0.3 is 9.84 Å². The number of nitrogens with one attached hydrogen (secondary N) is 1. The standard InChI is InChI=1S/C16H22N2O5/c1-4-5-10-6-9(8-12(23-3)13(10)19)7-11-14(20)17-16(22)18(2)15(11)21/h4,7,9-10,12-13,19H,1,5-6,8H2,2-3H3,(H,17,20,22)/b11-7+. The third kappa shape index (κ3) is 3.51. The van der Waals surface area contributed by atoms with Crippen LogP contribution < -0.4 is 5.32 Å². The number of hydrogen-bond acceptors (Lipinski definition) is 5. The lowest BCUT2D eigenvalue weighted by atomic mass is 9.75. The summed E-state index contributed by atoms with van der Waals surface area (Å²) in [7, 11) is 2.85. The monoisotopic (exact) mass is 322 g/mol. The van der Waals surface area contributed by atoms with Crippen molar-refractivity contribution in [2.75, 3.05) is 14.2 Å². The average molecular weight is 322 g/mol. The summed E-state index contributed by atoms with van der Waals surface area (Å²) in [5.74, 6) is -1.44. The maximum atomic E-state index is 12.1. The van der Waals surface area contributed by atoms with Crippen molar-refractivity contribution >= 4 is 17.8 Å². The second kappa shape index (κ2) is 7.06. The van der Waals surface area contributed by atoms with Crippen LogP contribution in [0.1, 0.15) is 19.3 Å². The number of barbiturate groups is 1. The molecule has 1 aliphatic carbocycles. The van der Waals surface area contributed by atoms with Crippen molar-refractivity contribution in [2.24, 2.45) is 11.8 Å². The first-order valence-electron chi connectivity index (χ1n) is 7.56. The molecule has 0 spiro atoms. The second-order valence-corrected chi connectivity index (χ2v) is 5.98. The molecule has 23 heavy (non-hydrogen) atoms. The lowest BCUT2D eigenvalue weighted by Gasteiger charge is -2.37. The van der Waals surface area contributed by atoms with Crippen molar-refractivity contribution < 1.29 is 24.2 Å². The van der Waals surface area contributed by atoms with Crippen molar-refractivity contribution in [1.29, 1.82) is 0 Å². The molecule has 2 fully saturated rings. The highest BCUT2D eigenvalue weighted by molar-refractivity contribution is 6.28. The molecule has 4 unspecified atom stereocenters. The Morgan fingerprint density at radius 1 is 1.39 bits per heavy atom. The molecule has 7 heteroatoms. The summed E-state index contributed by atoms with van der Waals surface area (Å²) >= 11 is 0. The number of carbonyl (C=O) groups excluding carboxylic acids is 3. The fourth-order valence-electron chi connectivity index (χ4n) is 3.19. The Labute approximate surface area is 135 Å². The van der Waals surface area contributed by atoms with Gasteiger partial charge in [-0.1, -0.05) is 12.2 Å². The molecule has 2 N–H and O–H groups in total. The summed E-state index contributed by atoms with van der Waals surface area (Å²) in [6, 6.07) is -0.726. The van der Waals surface area contributed by atoms with Gasteiger partial charge in [-0.3, -0.25) is 19.8 Å². The van der Waals surface area contributed by atoms with Gasteiger partial charge in [-0.25, -0.2) is 4.79 Å². The first-order chi connectivity index (χ1) is 10.9. The van der Waals surface area contributed by atoms with Gasteiger partial charge in [0.2, 0.25) is 0 Å². The van der Waals surface area contributed by atoms with Crippen molar-refractivity contribution in [2.45, 2.75) is 31.5 Å².